The van der Waals surface area contributed by atoms with Crippen LogP contribution in [0.1, 0.15) is 16.1 Å². The van der Waals surface area contributed by atoms with Crippen molar-refractivity contribution < 1.29 is 23.2 Å². The zero-order chi connectivity index (χ0) is 15.4. The van der Waals surface area contributed by atoms with Gasteiger partial charge in [0.25, 0.3) is 5.91 Å². The number of rotatable bonds is 4. The molecule has 0 radical (unpaired) electrons. The number of hydrogen-bond donors (Lipinski definition) is 1. The van der Waals surface area contributed by atoms with Crippen LogP contribution in [0.3, 0.4) is 0 Å². The lowest BCUT2D eigenvalue weighted by Gasteiger charge is -2.06. The lowest BCUT2D eigenvalue weighted by molar-refractivity contribution is -0.119. The Kier molecular flexibility index (Phi) is 4.69. The van der Waals surface area contributed by atoms with Crippen LogP contribution in [0.25, 0.3) is 0 Å². The van der Waals surface area contributed by atoms with E-state index >= 15 is 0 Å². The number of carbonyl (C=O) groups excluding carboxylic acids is 2. The van der Waals surface area contributed by atoms with Gasteiger partial charge < -0.3 is 14.6 Å². The molecule has 0 fully saturated rings. The van der Waals surface area contributed by atoms with E-state index in [1.807, 2.05) is 0 Å². The molecule has 0 spiro atoms. The third-order valence-electron chi connectivity index (χ3n) is 2.38. The van der Waals surface area contributed by atoms with Crippen LogP contribution in [-0.2, 0) is 9.53 Å². The fourth-order valence-corrected chi connectivity index (χ4v) is 1.88. The Labute approximate surface area is 127 Å². The highest BCUT2D eigenvalue weighted by Crippen LogP contribution is 2.18. The highest BCUT2D eigenvalue weighted by molar-refractivity contribution is 9.10. The van der Waals surface area contributed by atoms with Crippen molar-refractivity contribution in [2.24, 2.45) is 0 Å². The topological polar surface area (TPSA) is 81.4 Å². The highest BCUT2D eigenvalue weighted by Gasteiger charge is 2.15. The second kappa shape index (κ2) is 6.49. The summed E-state index contributed by atoms with van der Waals surface area (Å²) in [5, 5.41) is 5.95. The Bertz CT molecular complexity index is 687. The van der Waals surface area contributed by atoms with Gasteiger partial charge in [-0.25, -0.2) is 9.18 Å². The molecule has 21 heavy (non-hydrogen) atoms. The third kappa shape index (κ3) is 4.12. The number of esters is 1. The molecule has 1 aromatic heterocycles. The lowest BCUT2D eigenvalue weighted by atomic mass is 10.2. The Morgan fingerprint density at radius 1 is 1.43 bits per heavy atom. The number of halogens is 2. The molecule has 0 bridgehead atoms. The Morgan fingerprint density at radius 3 is 2.86 bits per heavy atom. The Morgan fingerprint density at radius 2 is 2.19 bits per heavy atom. The summed E-state index contributed by atoms with van der Waals surface area (Å²) in [6, 6.07) is 5.11. The van der Waals surface area contributed by atoms with Gasteiger partial charge in [0.05, 0.1) is 5.56 Å². The lowest BCUT2D eigenvalue weighted by Crippen LogP contribution is -2.21. The van der Waals surface area contributed by atoms with Gasteiger partial charge in [0.1, 0.15) is 11.6 Å². The van der Waals surface area contributed by atoms with Crippen molar-refractivity contribution in [3.05, 3.63) is 45.9 Å². The normalized spacial score (nSPS) is 10.2. The van der Waals surface area contributed by atoms with Crippen LogP contribution >= 0.6 is 15.9 Å². The molecular formula is C13H10BrFN2O4. The minimum absolute atomic E-state index is 0.0000746. The Hall–Kier alpha value is -2.22. The summed E-state index contributed by atoms with van der Waals surface area (Å²) in [6.45, 7) is 1.15. The molecule has 0 aliphatic carbocycles. The number of aryl methyl sites for hydroxylation is 1. The molecule has 2 rings (SSSR count). The summed E-state index contributed by atoms with van der Waals surface area (Å²) in [4.78, 5) is 23.3. The summed E-state index contributed by atoms with van der Waals surface area (Å²) < 4.78 is 23.0. The number of aromatic nitrogens is 1. The molecule has 1 N–H and O–H groups in total. The first-order valence-corrected chi connectivity index (χ1v) is 6.60. The number of benzene rings is 1. The second-order valence-electron chi connectivity index (χ2n) is 4.07. The molecule has 8 heteroatoms. The van der Waals surface area contributed by atoms with E-state index < -0.39 is 24.3 Å². The first-order chi connectivity index (χ1) is 9.95. The molecule has 1 amide bonds. The van der Waals surface area contributed by atoms with Crippen molar-refractivity contribution in [1.29, 1.82) is 0 Å². The van der Waals surface area contributed by atoms with Crippen LogP contribution in [0.15, 0.2) is 33.3 Å². The van der Waals surface area contributed by atoms with Crippen LogP contribution in [0.5, 0.6) is 0 Å². The van der Waals surface area contributed by atoms with Gasteiger partial charge in [-0.2, -0.15) is 0 Å². The van der Waals surface area contributed by atoms with Crippen LogP contribution in [0.2, 0.25) is 0 Å². The quantitative estimate of drug-likeness (QED) is 0.851. The van der Waals surface area contributed by atoms with E-state index in [1.165, 1.54) is 18.2 Å². The van der Waals surface area contributed by atoms with Crippen LogP contribution in [-0.4, -0.2) is 23.6 Å². The monoisotopic (exact) mass is 356 g/mol. The van der Waals surface area contributed by atoms with E-state index in [1.54, 1.807) is 6.92 Å². The fraction of sp³-hybridized carbons (Fsp3) is 0.154. The van der Waals surface area contributed by atoms with Crippen LogP contribution < -0.4 is 5.32 Å². The maximum atomic E-state index is 13.1. The number of anilines is 1. The van der Waals surface area contributed by atoms with Gasteiger partial charge in [0, 0.05) is 10.5 Å². The number of ether oxygens (including phenoxy) is 1. The largest absolute Gasteiger partial charge is 0.452 e. The standard InChI is InChI=1S/C13H10BrFN2O4/c1-7-4-11(17-21-7)16-12(18)6-20-13(19)9-5-8(15)2-3-10(9)14/h2-5H,6H2,1H3,(H,16,17,18). The van der Waals surface area contributed by atoms with E-state index in [-0.39, 0.29) is 11.4 Å². The fourth-order valence-electron chi connectivity index (χ4n) is 1.47. The molecule has 0 atom stereocenters. The highest BCUT2D eigenvalue weighted by atomic mass is 79.9. The van der Waals surface area contributed by atoms with Gasteiger partial charge in [-0.05, 0) is 41.1 Å². The maximum Gasteiger partial charge on any atom is 0.339 e. The minimum atomic E-state index is -0.812. The molecule has 1 heterocycles. The second-order valence-corrected chi connectivity index (χ2v) is 4.93. The minimum Gasteiger partial charge on any atom is -0.452 e. The molecule has 0 saturated heterocycles. The molecule has 0 aliphatic rings. The number of amides is 1. The molecule has 0 saturated carbocycles. The van der Waals surface area contributed by atoms with E-state index in [0.717, 1.165) is 6.07 Å². The molecule has 1 aromatic carbocycles. The molecule has 6 nitrogen and oxygen atoms in total. The molecular weight excluding hydrogens is 347 g/mol. The summed E-state index contributed by atoms with van der Waals surface area (Å²) in [5.74, 6) is -1.21. The summed E-state index contributed by atoms with van der Waals surface area (Å²) in [6.07, 6.45) is 0. The van der Waals surface area contributed by atoms with Crippen molar-refractivity contribution in [1.82, 2.24) is 5.16 Å². The van der Waals surface area contributed by atoms with E-state index in [4.69, 9.17) is 9.26 Å². The van der Waals surface area contributed by atoms with Gasteiger partial charge >= 0.3 is 5.97 Å². The predicted molar refractivity (Wildman–Crippen MR) is 74.3 cm³/mol. The summed E-state index contributed by atoms with van der Waals surface area (Å²) in [5.41, 5.74) is 0.0000746. The SMILES string of the molecule is Cc1cc(NC(=O)COC(=O)c2cc(F)ccc2Br)no1. The maximum absolute atomic E-state index is 13.1. The van der Waals surface area contributed by atoms with E-state index in [0.29, 0.717) is 10.2 Å². The smallest absolute Gasteiger partial charge is 0.339 e. The number of nitrogens with one attached hydrogen (secondary N) is 1. The van der Waals surface area contributed by atoms with Gasteiger partial charge in [-0.15, -0.1) is 0 Å². The van der Waals surface area contributed by atoms with Gasteiger partial charge in [-0.3, -0.25) is 4.79 Å². The molecule has 110 valence electrons. The molecule has 2 aromatic rings. The number of hydrogen-bond acceptors (Lipinski definition) is 5. The predicted octanol–water partition coefficient (Wildman–Crippen LogP) is 2.68. The average molecular weight is 357 g/mol. The first-order valence-electron chi connectivity index (χ1n) is 5.81. The molecule has 0 aliphatic heterocycles. The zero-order valence-corrected chi connectivity index (χ0v) is 12.4. The number of nitrogens with zero attached hydrogens (tertiary/aromatic N) is 1. The summed E-state index contributed by atoms with van der Waals surface area (Å²) in [7, 11) is 0. The van der Waals surface area contributed by atoms with Crippen molar-refractivity contribution in [3.8, 4) is 0 Å². The van der Waals surface area contributed by atoms with Crippen LogP contribution in [0.4, 0.5) is 10.2 Å². The van der Waals surface area contributed by atoms with Gasteiger partial charge in [0.15, 0.2) is 12.4 Å². The average Bonchev–Trinajstić information content (AvgIpc) is 2.84. The van der Waals surface area contributed by atoms with E-state index in [9.17, 15) is 14.0 Å². The zero-order valence-electron chi connectivity index (χ0n) is 10.9. The summed E-state index contributed by atoms with van der Waals surface area (Å²) >= 11 is 3.10. The first kappa shape index (κ1) is 15.2. The Balaban J connectivity index is 1.91. The van der Waals surface area contributed by atoms with Crippen molar-refractivity contribution in [2.45, 2.75) is 6.92 Å². The van der Waals surface area contributed by atoms with E-state index in [2.05, 4.69) is 26.4 Å². The third-order valence-corrected chi connectivity index (χ3v) is 3.07. The van der Waals surface area contributed by atoms with Crippen molar-refractivity contribution in [3.63, 3.8) is 0 Å². The van der Waals surface area contributed by atoms with Crippen molar-refractivity contribution >= 4 is 33.6 Å². The van der Waals surface area contributed by atoms with Crippen LogP contribution in [0, 0.1) is 12.7 Å². The van der Waals surface area contributed by atoms with Gasteiger partial charge in [-0.1, -0.05) is 5.16 Å². The van der Waals surface area contributed by atoms with Crippen molar-refractivity contribution in [2.75, 3.05) is 11.9 Å². The number of carbonyl (C=O) groups is 2. The molecule has 0 unspecified atom stereocenters. The van der Waals surface area contributed by atoms with Gasteiger partial charge in [0.2, 0.25) is 0 Å².